The summed E-state index contributed by atoms with van der Waals surface area (Å²) in [5.74, 6) is 1.28. The van der Waals surface area contributed by atoms with E-state index >= 15 is 0 Å². The minimum Gasteiger partial charge on any atom is -0.376 e. The molecule has 1 saturated heterocycles. The van der Waals surface area contributed by atoms with Gasteiger partial charge in [0.1, 0.15) is 0 Å². The Hall–Kier alpha value is -1.63. The molecule has 1 fully saturated rings. The van der Waals surface area contributed by atoms with Crippen molar-refractivity contribution in [2.75, 3.05) is 46.4 Å². The maximum absolute atomic E-state index is 5.81. The van der Waals surface area contributed by atoms with Crippen LogP contribution in [0.15, 0.2) is 35.3 Å². The molecule has 1 aliphatic heterocycles. The largest absolute Gasteiger partial charge is 0.376 e. The van der Waals surface area contributed by atoms with Gasteiger partial charge in [0.25, 0.3) is 0 Å². The fourth-order valence-electron chi connectivity index (χ4n) is 3.48. The van der Waals surface area contributed by atoms with Crippen LogP contribution < -0.4 is 10.6 Å². The van der Waals surface area contributed by atoms with E-state index in [1.165, 1.54) is 5.56 Å². The van der Waals surface area contributed by atoms with Gasteiger partial charge in [-0.2, -0.15) is 0 Å². The number of nitrogens with one attached hydrogen (secondary N) is 2. The molecule has 3 atom stereocenters. The number of aliphatic imine (C=N–C) groups is 1. The fraction of sp³-hybridized carbons (Fsp3) is 0.682. The summed E-state index contributed by atoms with van der Waals surface area (Å²) >= 11 is 0. The third kappa shape index (κ3) is 9.04. The summed E-state index contributed by atoms with van der Waals surface area (Å²) in [5.41, 5.74) is 1.21. The minimum absolute atomic E-state index is 0.330. The highest BCUT2D eigenvalue weighted by Gasteiger charge is 2.21. The van der Waals surface area contributed by atoms with Crippen molar-refractivity contribution in [1.82, 2.24) is 15.5 Å². The summed E-state index contributed by atoms with van der Waals surface area (Å²) in [6, 6.07) is 10.3. The van der Waals surface area contributed by atoms with Gasteiger partial charge in [-0.1, -0.05) is 37.3 Å². The number of hydrogen-bond donors (Lipinski definition) is 2. The molecule has 0 saturated carbocycles. The Labute approximate surface area is 170 Å². The Morgan fingerprint density at radius 3 is 2.61 bits per heavy atom. The molecule has 0 radical (unpaired) electrons. The summed E-state index contributed by atoms with van der Waals surface area (Å²) < 4.78 is 11.6. The lowest BCUT2D eigenvalue weighted by Gasteiger charge is -2.35. The first-order chi connectivity index (χ1) is 13.6. The second kappa shape index (κ2) is 12.8. The molecule has 0 amide bonds. The molecule has 1 aliphatic rings. The van der Waals surface area contributed by atoms with E-state index in [0.717, 1.165) is 51.7 Å². The molecule has 3 unspecified atom stereocenters. The molecular formula is C22H38N4O2. The van der Waals surface area contributed by atoms with E-state index in [1.54, 1.807) is 0 Å². The second-order valence-corrected chi connectivity index (χ2v) is 7.86. The van der Waals surface area contributed by atoms with Crippen LogP contribution in [0.2, 0.25) is 0 Å². The highest BCUT2D eigenvalue weighted by Crippen LogP contribution is 2.10. The third-order valence-corrected chi connectivity index (χ3v) is 4.79. The van der Waals surface area contributed by atoms with E-state index in [0.29, 0.717) is 24.7 Å². The van der Waals surface area contributed by atoms with Crippen LogP contribution in [-0.2, 0) is 16.1 Å². The number of ether oxygens (including phenoxy) is 2. The maximum Gasteiger partial charge on any atom is 0.190 e. The van der Waals surface area contributed by atoms with Gasteiger partial charge in [0.2, 0.25) is 0 Å². The number of hydrogen-bond acceptors (Lipinski definition) is 4. The van der Waals surface area contributed by atoms with Gasteiger partial charge in [0.15, 0.2) is 5.96 Å². The summed E-state index contributed by atoms with van der Waals surface area (Å²) in [6.45, 7) is 12.8. The zero-order chi connectivity index (χ0) is 20.2. The summed E-state index contributed by atoms with van der Waals surface area (Å²) in [7, 11) is 1.82. The van der Waals surface area contributed by atoms with Crippen LogP contribution >= 0.6 is 0 Å². The predicted molar refractivity (Wildman–Crippen MR) is 116 cm³/mol. The standard InChI is InChI=1S/C22H38N4O2/c1-18(16-27-17-21-9-6-5-7-10-21)13-25-22(23-4)24-11-8-12-26-14-19(2)28-20(3)15-26/h5-7,9-10,18-20H,8,11-17H2,1-4H3,(H2,23,24,25). The maximum atomic E-state index is 5.81. The normalized spacial score (nSPS) is 22.1. The van der Waals surface area contributed by atoms with Crippen molar-refractivity contribution in [2.45, 2.75) is 46.0 Å². The number of guanidine groups is 1. The van der Waals surface area contributed by atoms with E-state index in [2.05, 4.69) is 53.4 Å². The molecule has 2 N–H and O–H groups in total. The summed E-state index contributed by atoms with van der Waals surface area (Å²) in [6.07, 6.45) is 1.75. The van der Waals surface area contributed by atoms with Crippen LogP contribution in [0, 0.1) is 5.92 Å². The van der Waals surface area contributed by atoms with E-state index in [4.69, 9.17) is 9.47 Å². The van der Waals surface area contributed by atoms with E-state index in [1.807, 2.05) is 25.2 Å². The molecule has 158 valence electrons. The molecule has 1 heterocycles. The predicted octanol–water partition coefficient (Wildman–Crippen LogP) is 2.50. The van der Waals surface area contributed by atoms with Crippen molar-refractivity contribution < 1.29 is 9.47 Å². The van der Waals surface area contributed by atoms with Crippen LogP contribution in [0.4, 0.5) is 0 Å². The van der Waals surface area contributed by atoms with Crippen LogP contribution in [0.5, 0.6) is 0 Å². The molecule has 6 heteroatoms. The Balaban J connectivity index is 1.54. The average Bonchev–Trinajstić information content (AvgIpc) is 2.67. The molecule has 0 aromatic heterocycles. The molecule has 28 heavy (non-hydrogen) atoms. The average molecular weight is 391 g/mol. The van der Waals surface area contributed by atoms with Crippen LogP contribution in [-0.4, -0.2) is 69.4 Å². The summed E-state index contributed by atoms with van der Waals surface area (Å²) in [5, 5.41) is 6.80. The topological polar surface area (TPSA) is 58.1 Å². The highest BCUT2D eigenvalue weighted by atomic mass is 16.5. The Kier molecular flexibility index (Phi) is 10.3. The first-order valence-corrected chi connectivity index (χ1v) is 10.5. The van der Waals surface area contributed by atoms with Gasteiger partial charge in [-0.25, -0.2) is 0 Å². The quantitative estimate of drug-likeness (QED) is 0.365. The number of benzene rings is 1. The summed E-state index contributed by atoms with van der Waals surface area (Å²) in [4.78, 5) is 6.81. The second-order valence-electron chi connectivity index (χ2n) is 7.86. The van der Waals surface area contributed by atoms with Crippen LogP contribution in [0.25, 0.3) is 0 Å². The van der Waals surface area contributed by atoms with Crippen molar-refractivity contribution in [3.05, 3.63) is 35.9 Å². The fourth-order valence-corrected chi connectivity index (χ4v) is 3.48. The monoisotopic (exact) mass is 390 g/mol. The number of nitrogens with zero attached hydrogens (tertiary/aromatic N) is 2. The van der Waals surface area contributed by atoms with Crippen LogP contribution in [0.1, 0.15) is 32.8 Å². The highest BCUT2D eigenvalue weighted by molar-refractivity contribution is 5.79. The smallest absolute Gasteiger partial charge is 0.190 e. The SMILES string of the molecule is CN=C(NCCCN1CC(C)OC(C)C1)NCC(C)COCc1ccccc1. The molecule has 0 aliphatic carbocycles. The van der Waals surface area contributed by atoms with Crippen LogP contribution in [0.3, 0.4) is 0 Å². The van der Waals surface area contributed by atoms with Crippen molar-refractivity contribution >= 4 is 5.96 Å². The third-order valence-electron chi connectivity index (χ3n) is 4.79. The first kappa shape index (κ1) is 22.7. The van der Waals surface area contributed by atoms with E-state index in [9.17, 15) is 0 Å². The lowest BCUT2D eigenvalue weighted by atomic mass is 10.2. The van der Waals surface area contributed by atoms with Crippen molar-refractivity contribution in [2.24, 2.45) is 10.9 Å². The van der Waals surface area contributed by atoms with E-state index in [-0.39, 0.29) is 0 Å². The van der Waals surface area contributed by atoms with Crippen molar-refractivity contribution in [3.8, 4) is 0 Å². The van der Waals surface area contributed by atoms with Gasteiger partial charge in [0.05, 0.1) is 25.4 Å². The Morgan fingerprint density at radius 2 is 1.93 bits per heavy atom. The lowest BCUT2D eigenvalue weighted by Crippen LogP contribution is -2.46. The van der Waals surface area contributed by atoms with Gasteiger partial charge < -0.3 is 20.1 Å². The number of rotatable bonds is 10. The lowest BCUT2D eigenvalue weighted by molar-refractivity contribution is -0.0679. The van der Waals surface area contributed by atoms with Crippen molar-refractivity contribution in [3.63, 3.8) is 0 Å². The Bertz CT molecular complexity index is 557. The molecule has 1 aromatic carbocycles. The zero-order valence-corrected chi connectivity index (χ0v) is 18.0. The van der Waals surface area contributed by atoms with Gasteiger partial charge in [0, 0.05) is 39.8 Å². The first-order valence-electron chi connectivity index (χ1n) is 10.5. The van der Waals surface area contributed by atoms with E-state index < -0.39 is 0 Å². The van der Waals surface area contributed by atoms with Gasteiger partial charge in [-0.3, -0.25) is 9.89 Å². The minimum atomic E-state index is 0.330. The van der Waals surface area contributed by atoms with Crippen molar-refractivity contribution in [1.29, 1.82) is 0 Å². The molecule has 6 nitrogen and oxygen atoms in total. The molecule has 0 bridgehead atoms. The van der Waals surface area contributed by atoms with Gasteiger partial charge in [-0.15, -0.1) is 0 Å². The Morgan fingerprint density at radius 1 is 1.21 bits per heavy atom. The molecule has 2 rings (SSSR count). The molecule has 0 spiro atoms. The molecular weight excluding hydrogens is 352 g/mol. The number of morpholine rings is 1. The van der Waals surface area contributed by atoms with Gasteiger partial charge >= 0.3 is 0 Å². The zero-order valence-electron chi connectivity index (χ0n) is 18.0. The van der Waals surface area contributed by atoms with Gasteiger partial charge in [-0.05, 0) is 31.7 Å². The molecule has 1 aromatic rings.